The molecule has 2 rings (SSSR count). The van der Waals surface area contributed by atoms with Crippen molar-refractivity contribution in [3.8, 4) is 0 Å². The van der Waals surface area contributed by atoms with Gasteiger partial charge in [-0.15, -0.1) is 0 Å². The number of carboxylic acid groups (broad SMARTS) is 1. The van der Waals surface area contributed by atoms with Crippen LogP contribution in [-0.4, -0.2) is 21.0 Å². The molecule has 1 heterocycles. The van der Waals surface area contributed by atoms with Gasteiger partial charge < -0.3 is 22.3 Å². The number of carbonyl (C=O) groups is 1. The van der Waals surface area contributed by atoms with Gasteiger partial charge >= 0.3 is 5.97 Å². The van der Waals surface area contributed by atoms with Crippen molar-refractivity contribution in [2.75, 3.05) is 17.2 Å². The summed E-state index contributed by atoms with van der Waals surface area (Å²) in [5.74, 6) is -0.168. The van der Waals surface area contributed by atoms with E-state index in [4.69, 9.17) is 17.2 Å². The topological polar surface area (TPSA) is 141 Å². The van der Waals surface area contributed by atoms with Gasteiger partial charge in [-0.1, -0.05) is 23.9 Å². The maximum atomic E-state index is 11.2. The maximum Gasteiger partial charge on any atom is 0.338 e. The van der Waals surface area contributed by atoms with E-state index >= 15 is 0 Å². The first-order chi connectivity index (χ1) is 9.47. The third-order valence-corrected chi connectivity index (χ3v) is 3.39. The SMILES string of the molecule is Nc1cc(N)nc(SCc2cccc(N)c2C(=O)O)n1. The normalized spacial score (nSPS) is 10.4. The van der Waals surface area contributed by atoms with Crippen molar-refractivity contribution in [3.05, 3.63) is 35.4 Å². The molecule has 1 aromatic heterocycles. The molecule has 0 bridgehead atoms. The molecule has 0 amide bonds. The lowest BCUT2D eigenvalue weighted by molar-refractivity contribution is 0.0697. The molecular formula is C12H13N5O2S. The van der Waals surface area contributed by atoms with Gasteiger partial charge in [-0.05, 0) is 11.6 Å². The summed E-state index contributed by atoms with van der Waals surface area (Å²) in [6, 6.07) is 6.40. The molecule has 7 N–H and O–H groups in total. The average Bonchev–Trinajstić information content (AvgIpc) is 2.34. The van der Waals surface area contributed by atoms with Gasteiger partial charge in [0.1, 0.15) is 11.6 Å². The summed E-state index contributed by atoms with van der Waals surface area (Å²) >= 11 is 1.24. The fourth-order valence-electron chi connectivity index (χ4n) is 1.67. The van der Waals surface area contributed by atoms with Crippen LogP contribution in [0.5, 0.6) is 0 Å². The molecule has 1 aromatic carbocycles. The Morgan fingerprint density at radius 3 is 2.45 bits per heavy atom. The summed E-state index contributed by atoms with van der Waals surface area (Å²) in [5, 5.41) is 9.56. The molecular weight excluding hydrogens is 278 g/mol. The van der Waals surface area contributed by atoms with Crippen LogP contribution in [0, 0.1) is 0 Å². The third kappa shape index (κ3) is 3.09. The number of hydrogen-bond donors (Lipinski definition) is 4. The first kappa shape index (κ1) is 13.9. The predicted octanol–water partition coefficient (Wildman–Crippen LogP) is 1.21. The van der Waals surface area contributed by atoms with E-state index < -0.39 is 5.97 Å². The largest absolute Gasteiger partial charge is 0.478 e. The number of anilines is 3. The first-order valence-corrected chi connectivity index (χ1v) is 6.59. The van der Waals surface area contributed by atoms with Crippen molar-refractivity contribution in [1.82, 2.24) is 9.97 Å². The number of aromatic carboxylic acids is 1. The Kier molecular flexibility index (Phi) is 3.94. The molecule has 2 aromatic rings. The van der Waals surface area contributed by atoms with Crippen LogP contribution in [0.2, 0.25) is 0 Å². The molecule has 0 atom stereocenters. The molecule has 0 radical (unpaired) electrons. The quantitative estimate of drug-likeness (QED) is 0.374. The summed E-state index contributed by atoms with van der Waals surface area (Å²) in [4.78, 5) is 19.2. The van der Waals surface area contributed by atoms with Gasteiger partial charge in [0.15, 0.2) is 5.16 Å². The van der Waals surface area contributed by atoms with Crippen LogP contribution < -0.4 is 17.2 Å². The first-order valence-electron chi connectivity index (χ1n) is 5.61. The highest BCUT2D eigenvalue weighted by Gasteiger charge is 2.14. The average molecular weight is 291 g/mol. The van der Waals surface area contributed by atoms with E-state index in [2.05, 4.69) is 9.97 Å². The second-order valence-electron chi connectivity index (χ2n) is 3.98. The summed E-state index contributed by atoms with van der Waals surface area (Å²) in [5.41, 5.74) is 17.7. The van der Waals surface area contributed by atoms with Crippen LogP contribution in [0.3, 0.4) is 0 Å². The second-order valence-corrected chi connectivity index (χ2v) is 4.92. The van der Waals surface area contributed by atoms with E-state index in [0.29, 0.717) is 16.5 Å². The predicted molar refractivity (Wildman–Crippen MR) is 78.2 cm³/mol. The molecule has 7 nitrogen and oxygen atoms in total. The summed E-state index contributed by atoms with van der Waals surface area (Å²) in [6.07, 6.45) is 0. The fourth-order valence-corrected chi connectivity index (χ4v) is 2.53. The van der Waals surface area contributed by atoms with Crippen LogP contribution in [0.15, 0.2) is 29.4 Å². The number of nitrogen functional groups attached to an aromatic ring is 3. The van der Waals surface area contributed by atoms with E-state index in [1.165, 1.54) is 17.8 Å². The van der Waals surface area contributed by atoms with Gasteiger partial charge in [0.25, 0.3) is 0 Å². The lowest BCUT2D eigenvalue weighted by Gasteiger charge is -2.08. The molecule has 0 spiro atoms. The highest BCUT2D eigenvalue weighted by atomic mass is 32.2. The van der Waals surface area contributed by atoms with Crippen molar-refractivity contribution in [2.45, 2.75) is 10.9 Å². The minimum Gasteiger partial charge on any atom is -0.478 e. The van der Waals surface area contributed by atoms with Gasteiger partial charge in [-0.25, -0.2) is 14.8 Å². The van der Waals surface area contributed by atoms with Crippen molar-refractivity contribution in [1.29, 1.82) is 0 Å². The van der Waals surface area contributed by atoms with E-state index in [1.54, 1.807) is 18.2 Å². The van der Waals surface area contributed by atoms with E-state index in [9.17, 15) is 9.90 Å². The molecule has 20 heavy (non-hydrogen) atoms. The number of nitrogens with zero attached hydrogens (tertiary/aromatic N) is 2. The minimum atomic E-state index is -1.06. The van der Waals surface area contributed by atoms with E-state index in [-0.39, 0.29) is 22.9 Å². The number of thioether (sulfide) groups is 1. The monoisotopic (exact) mass is 291 g/mol. The maximum absolute atomic E-state index is 11.2. The highest BCUT2D eigenvalue weighted by Crippen LogP contribution is 2.25. The van der Waals surface area contributed by atoms with Crippen molar-refractivity contribution >= 4 is 35.1 Å². The van der Waals surface area contributed by atoms with Gasteiger partial charge in [-0.2, -0.15) is 0 Å². The summed E-state index contributed by atoms with van der Waals surface area (Å²) in [6.45, 7) is 0. The summed E-state index contributed by atoms with van der Waals surface area (Å²) in [7, 11) is 0. The Morgan fingerprint density at radius 1 is 1.20 bits per heavy atom. The van der Waals surface area contributed by atoms with Crippen LogP contribution >= 0.6 is 11.8 Å². The number of rotatable bonds is 4. The zero-order valence-electron chi connectivity index (χ0n) is 10.4. The number of nitrogens with two attached hydrogens (primary N) is 3. The van der Waals surface area contributed by atoms with Gasteiger partial charge in [0, 0.05) is 17.5 Å². The molecule has 104 valence electrons. The lowest BCUT2D eigenvalue weighted by Crippen LogP contribution is -2.06. The molecule has 0 fully saturated rings. The van der Waals surface area contributed by atoms with Crippen LogP contribution in [0.25, 0.3) is 0 Å². The Morgan fingerprint density at radius 2 is 1.85 bits per heavy atom. The number of aromatic nitrogens is 2. The molecule has 0 unspecified atom stereocenters. The minimum absolute atomic E-state index is 0.0943. The lowest BCUT2D eigenvalue weighted by atomic mass is 10.1. The summed E-state index contributed by atoms with van der Waals surface area (Å²) < 4.78 is 0. The molecule has 0 saturated carbocycles. The van der Waals surface area contributed by atoms with Gasteiger partial charge in [0.05, 0.1) is 5.56 Å². The molecule has 8 heteroatoms. The van der Waals surface area contributed by atoms with Crippen LogP contribution in [-0.2, 0) is 5.75 Å². The van der Waals surface area contributed by atoms with E-state index in [0.717, 1.165) is 0 Å². The van der Waals surface area contributed by atoms with E-state index in [1.807, 2.05) is 0 Å². The number of carboxylic acids is 1. The second kappa shape index (κ2) is 5.66. The van der Waals surface area contributed by atoms with Gasteiger partial charge in [0.2, 0.25) is 0 Å². The van der Waals surface area contributed by atoms with Crippen molar-refractivity contribution in [2.24, 2.45) is 0 Å². The Hall–Kier alpha value is -2.48. The fraction of sp³-hybridized carbons (Fsp3) is 0.0833. The molecule has 0 aliphatic rings. The highest BCUT2D eigenvalue weighted by molar-refractivity contribution is 7.98. The molecule has 0 aliphatic heterocycles. The third-order valence-electron chi connectivity index (χ3n) is 2.50. The van der Waals surface area contributed by atoms with Crippen molar-refractivity contribution in [3.63, 3.8) is 0 Å². The zero-order chi connectivity index (χ0) is 14.7. The zero-order valence-corrected chi connectivity index (χ0v) is 11.2. The Balaban J connectivity index is 2.23. The molecule has 0 saturated heterocycles. The van der Waals surface area contributed by atoms with Gasteiger partial charge in [-0.3, -0.25) is 0 Å². The van der Waals surface area contributed by atoms with Crippen LogP contribution in [0.1, 0.15) is 15.9 Å². The van der Waals surface area contributed by atoms with Crippen molar-refractivity contribution < 1.29 is 9.90 Å². The Bertz CT molecular complexity index is 642. The molecule has 0 aliphatic carbocycles. The number of hydrogen-bond acceptors (Lipinski definition) is 7. The standard InChI is InChI=1S/C12H13N5O2S/c13-7-3-1-2-6(10(7)11(18)19)5-20-12-16-8(14)4-9(15)17-12/h1-4H,5,13H2,(H,18,19)(H4,14,15,16,17). The van der Waals surface area contributed by atoms with Crippen LogP contribution in [0.4, 0.5) is 17.3 Å². The number of benzene rings is 1. The smallest absolute Gasteiger partial charge is 0.338 e. The Labute approximate surface area is 119 Å².